The number of ether oxygens (including phenoxy) is 2. The highest BCUT2D eigenvalue weighted by Crippen LogP contribution is 2.26. The summed E-state index contributed by atoms with van der Waals surface area (Å²) >= 11 is 0. The summed E-state index contributed by atoms with van der Waals surface area (Å²) in [6, 6.07) is 3.06. The summed E-state index contributed by atoms with van der Waals surface area (Å²) in [5, 5.41) is 9.00. The highest BCUT2D eigenvalue weighted by molar-refractivity contribution is 5.88. The number of carboxylic acids is 1. The summed E-state index contributed by atoms with van der Waals surface area (Å²) in [6.45, 7) is 7.38. The van der Waals surface area contributed by atoms with Gasteiger partial charge in [0.25, 0.3) is 0 Å². The van der Waals surface area contributed by atoms with Crippen molar-refractivity contribution in [2.75, 3.05) is 6.61 Å². The fraction of sp³-hybridized carbons (Fsp3) is 0.467. The minimum absolute atomic E-state index is 0.205. The van der Waals surface area contributed by atoms with Crippen LogP contribution in [0.25, 0.3) is 0 Å². The van der Waals surface area contributed by atoms with E-state index in [2.05, 4.69) is 0 Å². The Balaban J connectivity index is 3.02. The number of hydrogen-bond acceptors (Lipinski definition) is 4. The van der Waals surface area contributed by atoms with E-state index in [4.69, 9.17) is 14.6 Å². The van der Waals surface area contributed by atoms with Crippen molar-refractivity contribution in [3.8, 4) is 5.75 Å². The highest BCUT2D eigenvalue weighted by Gasteiger charge is 2.22. The molecule has 0 saturated heterocycles. The minimum Gasteiger partial charge on any atom is -0.478 e. The third-order valence-corrected chi connectivity index (χ3v) is 2.89. The molecule has 0 saturated carbocycles. The van der Waals surface area contributed by atoms with Crippen molar-refractivity contribution in [2.45, 2.75) is 40.2 Å². The molecule has 1 aromatic rings. The molecule has 1 N–H and O–H groups in total. The van der Waals surface area contributed by atoms with Gasteiger partial charge in [0.15, 0.2) is 6.10 Å². The number of carboxylic acid groups (broad SMARTS) is 1. The number of esters is 1. The van der Waals surface area contributed by atoms with Gasteiger partial charge in [-0.05, 0) is 50.5 Å². The fourth-order valence-electron chi connectivity index (χ4n) is 1.94. The van der Waals surface area contributed by atoms with Crippen molar-refractivity contribution >= 4 is 11.9 Å². The van der Waals surface area contributed by atoms with Crippen molar-refractivity contribution in [3.63, 3.8) is 0 Å². The van der Waals surface area contributed by atoms with Gasteiger partial charge in [0.05, 0.1) is 12.2 Å². The third-order valence-electron chi connectivity index (χ3n) is 2.89. The molecule has 0 amide bonds. The number of carbonyl (C=O) groups excluding carboxylic acids is 1. The van der Waals surface area contributed by atoms with Crippen molar-refractivity contribution < 1.29 is 24.2 Å². The van der Waals surface area contributed by atoms with Crippen LogP contribution in [0.15, 0.2) is 12.1 Å². The maximum Gasteiger partial charge on any atom is 0.347 e. The summed E-state index contributed by atoms with van der Waals surface area (Å²) in [4.78, 5) is 22.7. The number of benzene rings is 1. The van der Waals surface area contributed by atoms with Gasteiger partial charge in [0.2, 0.25) is 0 Å². The summed E-state index contributed by atoms with van der Waals surface area (Å²) in [6.07, 6.45) is -0.193. The van der Waals surface area contributed by atoms with Crippen molar-refractivity contribution in [1.82, 2.24) is 0 Å². The molecule has 5 heteroatoms. The molecule has 0 aliphatic heterocycles. The predicted molar refractivity (Wildman–Crippen MR) is 74.2 cm³/mol. The lowest BCUT2D eigenvalue weighted by atomic mass is 10.1. The number of aromatic carboxylic acids is 1. The first-order chi connectivity index (χ1) is 9.40. The van der Waals surface area contributed by atoms with Crippen LogP contribution in [-0.2, 0) is 9.53 Å². The van der Waals surface area contributed by atoms with E-state index in [1.165, 1.54) is 12.1 Å². The molecule has 110 valence electrons. The zero-order valence-corrected chi connectivity index (χ0v) is 12.2. The van der Waals surface area contributed by atoms with Gasteiger partial charge in [0, 0.05) is 0 Å². The van der Waals surface area contributed by atoms with Gasteiger partial charge in [-0.1, -0.05) is 6.92 Å². The summed E-state index contributed by atoms with van der Waals surface area (Å²) in [5.74, 6) is -0.855. The minimum atomic E-state index is -0.986. The summed E-state index contributed by atoms with van der Waals surface area (Å²) in [5.41, 5.74) is 1.58. The van der Waals surface area contributed by atoms with Crippen LogP contribution in [0.5, 0.6) is 5.75 Å². The fourth-order valence-corrected chi connectivity index (χ4v) is 1.94. The van der Waals surface area contributed by atoms with E-state index in [0.29, 0.717) is 29.9 Å². The topological polar surface area (TPSA) is 72.8 Å². The zero-order chi connectivity index (χ0) is 15.3. The van der Waals surface area contributed by atoms with Gasteiger partial charge in [-0.25, -0.2) is 9.59 Å². The van der Waals surface area contributed by atoms with E-state index in [1.54, 1.807) is 20.8 Å². The van der Waals surface area contributed by atoms with E-state index < -0.39 is 18.0 Å². The Morgan fingerprint density at radius 2 is 1.75 bits per heavy atom. The zero-order valence-electron chi connectivity index (χ0n) is 12.2. The lowest BCUT2D eigenvalue weighted by Crippen LogP contribution is -2.29. The van der Waals surface area contributed by atoms with E-state index in [1.807, 2.05) is 6.92 Å². The lowest BCUT2D eigenvalue weighted by Gasteiger charge is -2.19. The number of aryl methyl sites for hydroxylation is 2. The number of carbonyl (C=O) groups is 2. The Bertz CT molecular complexity index is 484. The average Bonchev–Trinajstić information content (AvgIpc) is 2.38. The van der Waals surface area contributed by atoms with Crippen LogP contribution in [0.1, 0.15) is 41.8 Å². The highest BCUT2D eigenvalue weighted by atomic mass is 16.6. The van der Waals surface area contributed by atoms with Crippen LogP contribution in [0.4, 0.5) is 0 Å². The van der Waals surface area contributed by atoms with Gasteiger partial charge in [-0.2, -0.15) is 0 Å². The maximum absolute atomic E-state index is 11.7. The molecule has 20 heavy (non-hydrogen) atoms. The molecule has 0 aliphatic carbocycles. The van der Waals surface area contributed by atoms with Crippen LogP contribution in [-0.4, -0.2) is 29.8 Å². The predicted octanol–water partition coefficient (Wildman–Crippen LogP) is 2.72. The molecule has 0 radical (unpaired) electrons. The standard InChI is InChI=1S/C15H20O5/c1-5-12(15(18)19-6-2)20-13-9(3)7-11(14(16)17)8-10(13)4/h7-8,12H,5-6H2,1-4H3,(H,16,17). The molecule has 1 unspecified atom stereocenters. The molecule has 0 aliphatic rings. The Hall–Kier alpha value is -2.04. The number of hydrogen-bond donors (Lipinski definition) is 1. The lowest BCUT2D eigenvalue weighted by molar-refractivity contribution is -0.151. The first-order valence-electron chi connectivity index (χ1n) is 6.58. The SMILES string of the molecule is CCOC(=O)C(CC)Oc1c(C)cc(C(=O)O)cc1C. The molecule has 1 atom stereocenters. The maximum atomic E-state index is 11.7. The Morgan fingerprint density at radius 1 is 1.20 bits per heavy atom. The quantitative estimate of drug-likeness (QED) is 0.811. The summed E-state index contributed by atoms with van der Waals surface area (Å²) < 4.78 is 10.7. The van der Waals surface area contributed by atoms with Gasteiger partial charge in [0.1, 0.15) is 5.75 Å². The second-order valence-corrected chi connectivity index (χ2v) is 4.51. The first-order valence-corrected chi connectivity index (χ1v) is 6.58. The van der Waals surface area contributed by atoms with Crippen molar-refractivity contribution in [2.24, 2.45) is 0 Å². The molecule has 5 nitrogen and oxygen atoms in total. The normalized spacial score (nSPS) is 11.8. The monoisotopic (exact) mass is 280 g/mol. The van der Waals surface area contributed by atoms with E-state index in [-0.39, 0.29) is 5.56 Å². The Labute approximate surface area is 118 Å². The van der Waals surface area contributed by atoms with Gasteiger partial charge in [-0.15, -0.1) is 0 Å². The van der Waals surface area contributed by atoms with E-state index in [9.17, 15) is 9.59 Å². The molecule has 0 aromatic heterocycles. The largest absolute Gasteiger partial charge is 0.478 e. The molecule has 0 fully saturated rings. The Morgan fingerprint density at radius 3 is 2.15 bits per heavy atom. The van der Waals surface area contributed by atoms with E-state index in [0.717, 1.165) is 0 Å². The average molecular weight is 280 g/mol. The van der Waals surface area contributed by atoms with Crippen LogP contribution in [0.3, 0.4) is 0 Å². The Kier molecular flexibility index (Phi) is 5.55. The molecule has 0 spiro atoms. The summed E-state index contributed by atoms with van der Waals surface area (Å²) in [7, 11) is 0. The van der Waals surface area contributed by atoms with Crippen LogP contribution >= 0.6 is 0 Å². The van der Waals surface area contributed by atoms with Crippen LogP contribution in [0, 0.1) is 13.8 Å². The van der Waals surface area contributed by atoms with Crippen molar-refractivity contribution in [3.05, 3.63) is 28.8 Å². The van der Waals surface area contributed by atoms with Gasteiger partial charge < -0.3 is 14.6 Å². The van der Waals surface area contributed by atoms with Crippen LogP contribution < -0.4 is 4.74 Å². The number of rotatable bonds is 6. The smallest absolute Gasteiger partial charge is 0.347 e. The second kappa shape index (κ2) is 6.93. The third kappa shape index (κ3) is 3.73. The van der Waals surface area contributed by atoms with Crippen molar-refractivity contribution in [1.29, 1.82) is 0 Å². The molecule has 0 bridgehead atoms. The molecule has 1 rings (SSSR count). The van der Waals surface area contributed by atoms with E-state index >= 15 is 0 Å². The first kappa shape index (κ1) is 16.0. The molecular weight excluding hydrogens is 260 g/mol. The van der Waals surface area contributed by atoms with Crippen LogP contribution in [0.2, 0.25) is 0 Å². The van der Waals surface area contributed by atoms with Gasteiger partial charge >= 0.3 is 11.9 Å². The second-order valence-electron chi connectivity index (χ2n) is 4.51. The molecule has 1 aromatic carbocycles. The van der Waals surface area contributed by atoms with Gasteiger partial charge in [-0.3, -0.25) is 0 Å². The molecular formula is C15H20O5. The molecule has 0 heterocycles.